The highest BCUT2D eigenvalue weighted by Crippen LogP contribution is 2.19. The van der Waals surface area contributed by atoms with Gasteiger partial charge in [-0.05, 0) is 42.9 Å². The van der Waals surface area contributed by atoms with Gasteiger partial charge in [-0.1, -0.05) is 25.1 Å². The summed E-state index contributed by atoms with van der Waals surface area (Å²) >= 11 is 0. The molecule has 0 bridgehead atoms. The van der Waals surface area contributed by atoms with Gasteiger partial charge in [0.1, 0.15) is 12.5 Å². The summed E-state index contributed by atoms with van der Waals surface area (Å²) in [6.07, 6.45) is 3.32. The zero-order chi connectivity index (χ0) is 18.5. The van der Waals surface area contributed by atoms with Crippen molar-refractivity contribution in [2.45, 2.75) is 45.0 Å². The Balaban J connectivity index is 2.30. The van der Waals surface area contributed by atoms with Gasteiger partial charge in [-0.3, -0.25) is 0 Å². The second-order valence-corrected chi connectivity index (χ2v) is 6.19. The van der Waals surface area contributed by atoms with Crippen LogP contribution in [0.25, 0.3) is 0 Å². The molecule has 0 spiro atoms. The van der Waals surface area contributed by atoms with Gasteiger partial charge in [0, 0.05) is 13.7 Å². The standard InChI is InChI=1S/C20H32O5/c1-5-6-16(2)20(25-15-22-3)13-18(21)11-12-24-14-17-7-9-19(23-4)10-8-17/h5,7-10,16,18,20-21H,1,6,11-15H2,2-4H3/t16?,18-,20?/m1/s1. The number of benzene rings is 1. The van der Waals surface area contributed by atoms with E-state index in [1.54, 1.807) is 14.2 Å². The van der Waals surface area contributed by atoms with Crippen LogP contribution in [-0.4, -0.2) is 44.9 Å². The van der Waals surface area contributed by atoms with E-state index in [1.165, 1.54) is 0 Å². The summed E-state index contributed by atoms with van der Waals surface area (Å²) in [7, 11) is 3.24. The topological polar surface area (TPSA) is 57.2 Å². The predicted molar refractivity (Wildman–Crippen MR) is 98.6 cm³/mol. The number of aliphatic hydroxyl groups is 1. The molecule has 5 heteroatoms. The minimum atomic E-state index is -0.468. The molecular weight excluding hydrogens is 320 g/mol. The molecule has 5 nitrogen and oxygen atoms in total. The SMILES string of the molecule is C=CCC(C)C(C[C@H](O)CCOCc1ccc(OC)cc1)OCOC. The lowest BCUT2D eigenvalue weighted by molar-refractivity contribution is -0.103. The lowest BCUT2D eigenvalue weighted by atomic mass is 9.95. The lowest BCUT2D eigenvalue weighted by Gasteiger charge is -2.25. The van der Waals surface area contributed by atoms with Crippen LogP contribution < -0.4 is 4.74 Å². The maximum absolute atomic E-state index is 10.3. The van der Waals surface area contributed by atoms with Crippen LogP contribution in [0.2, 0.25) is 0 Å². The van der Waals surface area contributed by atoms with Gasteiger partial charge in [0.15, 0.2) is 0 Å². The van der Waals surface area contributed by atoms with Crippen LogP contribution in [0.3, 0.4) is 0 Å². The van der Waals surface area contributed by atoms with Gasteiger partial charge in [-0.25, -0.2) is 0 Å². The lowest BCUT2D eigenvalue weighted by Crippen LogP contribution is -2.28. The van der Waals surface area contributed by atoms with Crippen LogP contribution in [0.4, 0.5) is 0 Å². The average molecular weight is 352 g/mol. The first kappa shape index (κ1) is 21.6. The fourth-order valence-electron chi connectivity index (χ4n) is 2.55. The molecule has 2 unspecified atom stereocenters. The molecule has 0 saturated carbocycles. The fourth-order valence-corrected chi connectivity index (χ4v) is 2.55. The smallest absolute Gasteiger partial charge is 0.146 e. The summed E-state index contributed by atoms with van der Waals surface area (Å²) in [4.78, 5) is 0. The summed E-state index contributed by atoms with van der Waals surface area (Å²) in [6, 6.07) is 7.76. The van der Waals surface area contributed by atoms with Crippen molar-refractivity contribution in [1.29, 1.82) is 0 Å². The number of hydrogen-bond donors (Lipinski definition) is 1. The Morgan fingerprint density at radius 1 is 1.20 bits per heavy atom. The van der Waals surface area contributed by atoms with Crippen molar-refractivity contribution in [1.82, 2.24) is 0 Å². The summed E-state index contributed by atoms with van der Waals surface area (Å²) in [6.45, 7) is 7.11. The van der Waals surface area contributed by atoms with Gasteiger partial charge in [-0.15, -0.1) is 6.58 Å². The van der Waals surface area contributed by atoms with E-state index < -0.39 is 6.10 Å². The molecule has 0 amide bonds. The molecule has 0 aliphatic heterocycles. The van der Waals surface area contributed by atoms with E-state index in [-0.39, 0.29) is 18.8 Å². The van der Waals surface area contributed by atoms with Crippen molar-refractivity contribution in [3.63, 3.8) is 0 Å². The number of hydrogen-bond acceptors (Lipinski definition) is 5. The molecule has 0 saturated heterocycles. The molecule has 1 aromatic rings. The van der Waals surface area contributed by atoms with Crippen molar-refractivity contribution in [3.8, 4) is 5.75 Å². The van der Waals surface area contributed by atoms with Gasteiger partial charge < -0.3 is 24.1 Å². The van der Waals surface area contributed by atoms with E-state index in [2.05, 4.69) is 13.5 Å². The quantitative estimate of drug-likeness (QED) is 0.315. The summed E-state index contributed by atoms with van der Waals surface area (Å²) < 4.78 is 21.5. The Labute approximate surface area is 151 Å². The molecule has 142 valence electrons. The highest BCUT2D eigenvalue weighted by molar-refractivity contribution is 5.26. The molecule has 0 aromatic heterocycles. The Hall–Kier alpha value is -1.40. The third kappa shape index (κ3) is 9.02. The van der Waals surface area contributed by atoms with E-state index in [4.69, 9.17) is 18.9 Å². The van der Waals surface area contributed by atoms with Gasteiger partial charge in [0.25, 0.3) is 0 Å². The first-order valence-corrected chi connectivity index (χ1v) is 8.70. The number of ether oxygens (including phenoxy) is 4. The van der Waals surface area contributed by atoms with Crippen LogP contribution >= 0.6 is 0 Å². The van der Waals surface area contributed by atoms with E-state index in [9.17, 15) is 5.11 Å². The van der Waals surface area contributed by atoms with Crippen LogP contribution in [0, 0.1) is 5.92 Å². The summed E-state index contributed by atoms with van der Waals surface area (Å²) in [5.41, 5.74) is 1.08. The van der Waals surface area contributed by atoms with Crippen LogP contribution in [0.15, 0.2) is 36.9 Å². The van der Waals surface area contributed by atoms with E-state index in [1.807, 2.05) is 30.3 Å². The highest BCUT2D eigenvalue weighted by atomic mass is 16.7. The molecule has 1 rings (SSSR count). The molecule has 0 fully saturated rings. The minimum Gasteiger partial charge on any atom is -0.497 e. The van der Waals surface area contributed by atoms with Crippen molar-refractivity contribution < 1.29 is 24.1 Å². The maximum atomic E-state index is 10.3. The zero-order valence-electron chi connectivity index (χ0n) is 15.6. The Bertz CT molecular complexity index is 460. The molecule has 0 radical (unpaired) electrons. The van der Waals surface area contributed by atoms with Crippen molar-refractivity contribution >= 4 is 0 Å². The van der Waals surface area contributed by atoms with Crippen LogP contribution in [0.5, 0.6) is 5.75 Å². The minimum absolute atomic E-state index is 0.0606. The van der Waals surface area contributed by atoms with Gasteiger partial charge in [-0.2, -0.15) is 0 Å². The van der Waals surface area contributed by atoms with E-state index in [0.29, 0.717) is 26.1 Å². The molecule has 1 N–H and O–H groups in total. The molecule has 25 heavy (non-hydrogen) atoms. The van der Waals surface area contributed by atoms with Crippen LogP contribution in [0.1, 0.15) is 31.7 Å². The van der Waals surface area contributed by atoms with Crippen molar-refractivity contribution in [2.24, 2.45) is 5.92 Å². The van der Waals surface area contributed by atoms with Crippen molar-refractivity contribution in [3.05, 3.63) is 42.5 Å². The normalized spacial score (nSPS) is 14.7. The highest BCUT2D eigenvalue weighted by Gasteiger charge is 2.21. The van der Waals surface area contributed by atoms with Gasteiger partial charge in [0.2, 0.25) is 0 Å². The van der Waals surface area contributed by atoms with Crippen molar-refractivity contribution in [2.75, 3.05) is 27.6 Å². The number of allylic oxidation sites excluding steroid dienone is 1. The Morgan fingerprint density at radius 3 is 2.52 bits per heavy atom. The Kier molecular flexibility index (Phi) is 11.2. The largest absolute Gasteiger partial charge is 0.497 e. The first-order chi connectivity index (χ1) is 12.1. The van der Waals surface area contributed by atoms with E-state index >= 15 is 0 Å². The summed E-state index contributed by atoms with van der Waals surface area (Å²) in [5, 5.41) is 10.3. The number of rotatable bonds is 14. The fraction of sp³-hybridized carbons (Fsp3) is 0.600. The molecule has 0 heterocycles. The molecule has 3 atom stereocenters. The Morgan fingerprint density at radius 2 is 1.92 bits per heavy atom. The van der Waals surface area contributed by atoms with Gasteiger partial charge >= 0.3 is 0 Å². The molecule has 0 aliphatic rings. The average Bonchev–Trinajstić information content (AvgIpc) is 2.63. The third-order valence-electron chi connectivity index (χ3n) is 4.10. The third-order valence-corrected chi connectivity index (χ3v) is 4.10. The molecular formula is C20H32O5. The van der Waals surface area contributed by atoms with E-state index in [0.717, 1.165) is 17.7 Å². The first-order valence-electron chi connectivity index (χ1n) is 8.70. The van der Waals surface area contributed by atoms with Crippen LogP contribution in [-0.2, 0) is 20.8 Å². The molecule has 1 aromatic carbocycles. The number of methoxy groups -OCH3 is 2. The summed E-state index contributed by atoms with van der Waals surface area (Å²) in [5.74, 6) is 1.11. The second kappa shape index (κ2) is 12.9. The number of aliphatic hydroxyl groups excluding tert-OH is 1. The molecule has 0 aliphatic carbocycles. The zero-order valence-corrected chi connectivity index (χ0v) is 15.6. The maximum Gasteiger partial charge on any atom is 0.146 e. The second-order valence-electron chi connectivity index (χ2n) is 6.19. The monoisotopic (exact) mass is 352 g/mol. The van der Waals surface area contributed by atoms with Gasteiger partial charge in [0.05, 0.1) is 25.9 Å². The predicted octanol–water partition coefficient (Wildman–Crippen LogP) is 3.55.